The molecule has 1 aromatic carbocycles. The average molecular weight is 429 g/mol. The Labute approximate surface area is 181 Å². The third-order valence-electron chi connectivity index (χ3n) is 7.38. The highest BCUT2D eigenvalue weighted by atomic mass is 32.2. The van der Waals surface area contributed by atoms with E-state index in [1.807, 2.05) is 24.0 Å². The number of hydrogen-bond donors (Lipinski definition) is 0. The molecule has 0 spiro atoms. The normalized spacial score (nSPS) is 23.6. The van der Waals surface area contributed by atoms with Crippen LogP contribution in [0.1, 0.15) is 60.6 Å². The van der Waals surface area contributed by atoms with Gasteiger partial charge in [-0.05, 0) is 80.5 Å². The number of rotatable bonds is 4. The lowest BCUT2D eigenvalue weighted by Crippen LogP contribution is -2.28. The van der Waals surface area contributed by atoms with Gasteiger partial charge in [-0.3, -0.25) is 8.77 Å². The van der Waals surface area contributed by atoms with Gasteiger partial charge in [0.15, 0.2) is 0 Å². The van der Waals surface area contributed by atoms with Crippen molar-refractivity contribution in [2.24, 2.45) is 11.8 Å². The molecule has 1 amide bonds. The fraction of sp³-hybridized carbons (Fsp3) is 0.625. The van der Waals surface area contributed by atoms with Crippen molar-refractivity contribution in [1.82, 2.24) is 8.87 Å². The third-order valence-corrected chi connectivity index (χ3v) is 8.69. The smallest absolute Gasteiger partial charge is 0.253 e. The van der Waals surface area contributed by atoms with Gasteiger partial charge in [0.1, 0.15) is 11.0 Å². The molecule has 0 saturated carbocycles. The molecule has 30 heavy (non-hydrogen) atoms. The molecule has 0 N–H and O–H groups in total. The second-order valence-corrected chi connectivity index (χ2v) is 10.6. The van der Waals surface area contributed by atoms with Crippen molar-refractivity contribution in [1.29, 1.82) is 0 Å². The Bertz CT molecular complexity index is 970. The molecule has 6 heteroatoms. The first-order chi connectivity index (χ1) is 14.7. The van der Waals surface area contributed by atoms with Crippen LogP contribution in [0.4, 0.5) is 0 Å². The summed E-state index contributed by atoms with van der Waals surface area (Å²) in [6, 6.07) is 6.06. The summed E-state index contributed by atoms with van der Waals surface area (Å²) in [5, 5.41) is 1.15. The Balaban J connectivity index is 1.55. The van der Waals surface area contributed by atoms with E-state index in [9.17, 15) is 9.00 Å². The lowest BCUT2D eigenvalue weighted by Gasteiger charge is -2.33. The van der Waals surface area contributed by atoms with Crippen LogP contribution in [-0.4, -0.2) is 51.0 Å². The van der Waals surface area contributed by atoms with E-state index in [-0.39, 0.29) is 5.91 Å². The Kier molecular flexibility index (Phi) is 5.71. The molecule has 2 unspecified atom stereocenters. The zero-order valence-corrected chi connectivity index (χ0v) is 18.7. The van der Waals surface area contributed by atoms with Crippen molar-refractivity contribution in [3.63, 3.8) is 0 Å². The number of carbonyl (C=O) groups excluding carboxylic acids is 1. The average Bonchev–Trinajstić information content (AvgIpc) is 3.44. The summed E-state index contributed by atoms with van der Waals surface area (Å²) >= 11 is 0. The minimum Gasteiger partial charge on any atom is -0.381 e. The van der Waals surface area contributed by atoms with Crippen LogP contribution in [-0.2, 0) is 28.6 Å². The largest absolute Gasteiger partial charge is 0.381 e. The molecule has 2 atom stereocenters. The van der Waals surface area contributed by atoms with E-state index in [2.05, 4.69) is 10.0 Å². The second kappa shape index (κ2) is 8.46. The van der Waals surface area contributed by atoms with Gasteiger partial charge in [-0.1, -0.05) is 6.92 Å². The summed E-state index contributed by atoms with van der Waals surface area (Å²) in [4.78, 5) is 15.0. The predicted molar refractivity (Wildman–Crippen MR) is 120 cm³/mol. The van der Waals surface area contributed by atoms with Crippen LogP contribution in [0.25, 0.3) is 10.9 Å². The van der Waals surface area contributed by atoms with Crippen LogP contribution < -0.4 is 0 Å². The first-order valence-electron chi connectivity index (χ1n) is 11.6. The maximum atomic E-state index is 13.0. The third kappa shape index (κ3) is 3.52. The fourth-order valence-corrected chi connectivity index (χ4v) is 6.82. The Hall–Kier alpha value is -1.66. The van der Waals surface area contributed by atoms with Crippen LogP contribution in [0, 0.1) is 11.8 Å². The van der Waals surface area contributed by atoms with E-state index >= 15 is 0 Å². The van der Waals surface area contributed by atoms with E-state index < -0.39 is 11.0 Å². The number of fused-ring (bicyclic) bond motifs is 3. The highest BCUT2D eigenvalue weighted by molar-refractivity contribution is 7.83. The van der Waals surface area contributed by atoms with E-state index in [4.69, 9.17) is 4.74 Å². The number of carbonyl (C=O) groups is 1. The van der Waals surface area contributed by atoms with Gasteiger partial charge in [0.05, 0.1) is 5.52 Å². The molecule has 2 saturated heterocycles. The molecule has 5 nitrogen and oxygen atoms in total. The minimum atomic E-state index is -1.06. The Morgan fingerprint density at radius 3 is 2.63 bits per heavy atom. The zero-order valence-electron chi connectivity index (χ0n) is 17.9. The van der Waals surface area contributed by atoms with Crippen molar-refractivity contribution in [3.8, 4) is 0 Å². The summed E-state index contributed by atoms with van der Waals surface area (Å²) in [7, 11) is -1.06. The van der Waals surface area contributed by atoms with E-state index in [0.29, 0.717) is 11.7 Å². The van der Waals surface area contributed by atoms with Gasteiger partial charge in [-0.25, -0.2) is 4.21 Å². The lowest BCUT2D eigenvalue weighted by molar-refractivity contribution is 0.0439. The molecule has 0 radical (unpaired) electrons. The number of benzene rings is 1. The van der Waals surface area contributed by atoms with Crippen molar-refractivity contribution in [2.45, 2.75) is 51.9 Å². The molecule has 5 rings (SSSR count). The number of likely N-dealkylation sites (tertiary alicyclic amines) is 1. The van der Waals surface area contributed by atoms with E-state index in [0.717, 1.165) is 93.6 Å². The molecule has 1 aliphatic carbocycles. The highest BCUT2D eigenvalue weighted by Gasteiger charge is 2.32. The molecule has 3 heterocycles. The van der Waals surface area contributed by atoms with Crippen LogP contribution in [0.2, 0.25) is 0 Å². The molecular formula is C24H32N2O3S. The molecule has 162 valence electrons. The predicted octanol–water partition coefficient (Wildman–Crippen LogP) is 3.94. The fourth-order valence-electron chi connectivity index (χ4n) is 5.73. The van der Waals surface area contributed by atoms with Crippen molar-refractivity contribution in [2.75, 3.05) is 32.1 Å². The number of nitrogens with zero attached hydrogens (tertiary/aromatic N) is 2. The second-order valence-electron chi connectivity index (χ2n) is 9.01. The van der Waals surface area contributed by atoms with Crippen LogP contribution in [0.5, 0.6) is 0 Å². The van der Waals surface area contributed by atoms with Gasteiger partial charge in [0, 0.05) is 48.7 Å². The summed E-state index contributed by atoms with van der Waals surface area (Å²) in [5.41, 5.74) is 4.38. The maximum absolute atomic E-state index is 13.0. The number of ether oxygens (including phenoxy) is 1. The Morgan fingerprint density at radius 2 is 1.90 bits per heavy atom. The van der Waals surface area contributed by atoms with Crippen LogP contribution in [0.15, 0.2) is 18.2 Å². The summed E-state index contributed by atoms with van der Waals surface area (Å²) in [6.45, 7) is 5.46. The monoisotopic (exact) mass is 428 g/mol. The molecule has 3 aliphatic rings. The molecule has 2 aromatic rings. The van der Waals surface area contributed by atoms with Gasteiger partial charge in [-0.15, -0.1) is 0 Å². The zero-order chi connectivity index (χ0) is 20.7. The topological polar surface area (TPSA) is 51.5 Å². The standard InChI is InChI=1S/C24H32N2O3S/c1-2-30(28)26-22-7-5-18(17-9-13-29-14-10-17)15-20(22)21-16-19(6-8-23(21)26)24(27)25-11-3-4-12-25/h6,8,16-18H,2-5,7,9-15H2,1H3. The van der Waals surface area contributed by atoms with Gasteiger partial charge in [-0.2, -0.15) is 0 Å². The SMILES string of the molecule is CCS(=O)n1c2c(c3cc(C(=O)N4CCCC4)ccc31)CC(C1CCOCC1)CC2. The van der Waals surface area contributed by atoms with E-state index in [1.165, 1.54) is 11.3 Å². The van der Waals surface area contributed by atoms with Gasteiger partial charge in [0.2, 0.25) is 0 Å². The maximum Gasteiger partial charge on any atom is 0.253 e. The molecule has 2 fully saturated rings. The van der Waals surface area contributed by atoms with Crippen molar-refractivity contribution >= 4 is 27.8 Å². The van der Waals surface area contributed by atoms with Crippen molar-refractivity contribution in [3.05, 3.63) is 35.0 Å². The molecule has 2 aliphatic heterocycles. The Morgan fingerprint density at radius 1 is 1.13 bits per heavy atom. The summed E-state index contributed by atoms with van der Waals surface area (Å²) in [5.74, 6) is 2.13. The van der Waals surface area contributed by atoms with E-state index in [1.54, 1.807) is 0 Å². The quantitative estimate of drug-likeness (QED) is 0.741. The summed E-state index contributed by atoms with van der Waals surface area (Å²) < 4.78 is 20.6. The first-order valence-corrected chi connectivity index (χ1v) is 12.9. The van der Waals surface area contributed by atoms with Gasteiger partial charge < -0.3 is 9.64 Å². The van der Waals surface area contributed by atoms with Crippen molar-refractivity contribution < 1.29 is 13.7 Å². The van der Waals surface area contributed by atoms with Crippen LogP contribution in [0.3, 0.4) is 0 Å². The highest BCUT2D eigenvalue weighted by Crippen LogP contribution is 2.40. The lowest BCUT2D eigenvalue weighted by atomic mass is 9.75. The molecule has 1 aromatic heterocycles. The molecular weight excluding hydrogens is 396 g/mol. The van der Waals surface area contributed by atoms with Gasteiger partial charge >= 0.3 is 0 Å². The number of aromatic nitrogens is 1. The van der Waals surface area contributed by atoms with Gasteiger partial charge in [0.25, 0.3) is 5.91 Å². The number of amides is 1. The first kappa shape index (κ1) is 20.3. The van der Waals surface area contributed by atoms with Crippen LogP contribution >= 0.6 is 0 Å². The minimum absolute atomic E-state index is 0.143. The molecule has 0 bridgehead atoms. The summed E-state index contributed by atoms with van der Waals surface area (Å²) in [6.07, 6.45) is 7.67. The number of hydrogen-bond acceptors (Lipinski definition) is 3.